The fourth-order valence-corrected chi connectivity index (χ4v) is 3.59. The van der Waals surface area contributed by atoms with Crippen molar-refractivity contribution in [2.24, 2.45) is 0 Å². The average molecular weight is 380 g/mol. The lowest BCUT2D eigenvalue weighted by molar-refractivity contribution is 0.0925. The highest BCUT2D eigenvalue weighted by Gasteiger charge is 2.19. The van der Waals surface area contributed by atoms with Gasteiger partial charge >= 0.3 is 0 Å². The molecule has 7 heteroatoms. The van der Waals surface area contributed by atoms with Gasteiger partial charge in [0.1, 0.15) is 5.82 Å². The number of carbonyl (C=O) groups excluding carboxylic acids is 1. The van der Waals surface area contributed by atoms with Crippen LogP contribution in [0.1, 0.15) is 34.5 Å². The summed E-state index contributed by atoms with van der Waals surface area (Å²) in [6, 6.07) is 11.8. The Bertz CT molecular complexity index is 1070. The molecule has 4 rings (SSSR count). The lowest BCUT2D eigenvalue weighted by Gasteiger charge is -2.23. The number of piperidine rings is 1. The molecule has 0 bridgehead atoms. The largest absolute Gasteiger partial charge is 0.349 e. The second-order valence-corrected chi connectivity index (χ2v) is 7.03. The van der Waals surface area contributed by atoms with Crippen molar-refractivity contribution >= 4 is 16.7 Å². The van der Waals surface area contributed by atoms with Crippen LogP contribution in [0.25, 0.3) is 10.8 Å². The molecule has 0 aliphatic carbocycles. The molecule has 1 aliphatic rings. The molecule has 0 spiro atoms. The molecule has 0 unspecified atom stereocenters. The molecule has 0 saturated carbocycles. The van der Waals surface area contributed by atoms with Gasteiger partial charge < -0.3 is 10.6 Å². The maximum atomic E-state index is 14.3. The summed E-state index contributed by atoms with van der Waals surface area (Å²) in [4.78, 5) is 24.5. The Hall–Kier alpha value is -3.06. The molecule has 1 amide bonds. The normalized spacial score (nSPS) is 14.9. The molecule has 0 atom stereocenters. The summed E-state index contributed by atoms with van der Waals surface area (Å²) in [5, 5.41) is 14.1. The van der Waals surface area contributed by atoms with Crippen LogP contribution in [-0.2, 0) is 6.42 Å². The van der Waals surface area contributed by atoms with Crippen LogP contribution in [0.15, 0.2) is 47.3 Å². The van der Waals surface area contributed by atoms with E-state index >= 15 is 0 Å². The average Bonchev–Trinajstić information content (AvgIpc) is 2.72. The van der Waals surface area contributed by atoms with Crippen molar-refractivity contribution in [3.05, 3.63) is 75.5 Å². The quantitative estimate of drug-likeness (QED) is 0.647. The van der Waals surface area contributed by atoms with E-state index in [1.165, 1.54) is 6.07 Å². The van der Waals surface area contributed by atoms with Crippen molar-refractivity contribution in [2.45, 2.75) is 25.3 Å². The number of carbonyl (C=O) groups is 1. The molecule has 144 valence electrons. The molecule has 1 fully saturated rings. The lowest BCUT2D eigenvalue weighted by Crippen LogP contribution is -2.42. The molecular weight excluding hydrogens is 359 g/mol. The first kappa shape index (κ1) is 18.3. The van der Waals surface area contributed by atoms with Crippen LogP contribution >= 0.6 is 0 Å². The molecule has 1 aliphatic heterocycles. The first-order valence-corrected chi connectivity index (χ1v) is 9.38. The van der Waals surface area contributed by atoms with Crippen LogP contribution in [0.2, 0.25) is 0 Å². The van der Waals surface area contributed by atoms with Crippen molar-refractivity contribution in [1.29, 1.82) is 0 Å². The second-order valence-electron chi connectivity index (χ2n) is 7.03. The SMILES string of the molecule is O=C(NC1CCNCC1)c1cc(Cc2n[nH]c(=O)c3ccccc23)ccc1F. The van der Waals surface area contributed by atoms with E-state index in [4.69, 9.17) is 0 Å². The second kappa shape index (κ2) is 7.90. The highest BCUT2D eigenvalue weighted by molar-refractivity contribution is 5.95. The van der Waals surface area contributed by atoms with Gasteiger partial charge in [-0.2, -0.15) is 5.10 Å². The Balaban J connectivity index is 1.60. The number of hydrogen-bond donors (Lipinski definition) is 3. The minimum Gasteiger partial charge on any atom is -0.349 e. The number of fused-ring (bicyclic) bond motifs is 1. The van der Waals surface area contributed by atoms with Crippen LogP contribution in [0.3, 0.4) is 0 Å². The predicted octanol–water partition coefficient (Wildman–Crippen LogP) is 2.13. The van der Waals surface area contributed by atoms with E-state index in [-0.39, 0.29) is 17.2 Å². The minimum absolute atomic E-state index is 0.0322. The monoisotopic (exact) mass is 380 g/mol. The van der Waals surface area contributed by atoms with Gasteiger partial charge in [0.25, 0.3) is 11.5 Å². The maximum Gasteiger partial charge on any atom is 0.272 e. The Labute approximate surface area is 161 Å². The van der Waals surface area contributed by atoms with Gasteiger partial charge in [-0.15, -0.1) is 0 Å². The molecule has 3 N–H and O–H groups in total. The number of nitrogens with zero attached hydrogens (tertiary/aromatic N) is 1. The molecule has 2 heterocycles. The van der Waals surface area contributed by atoms with Crippen LogP contribution in [0.4, 0.5) is 4.39 Å². The standard InChI is InChI=1S/C21H21FN4O2/c22-18-6-5-13(11-17(18)20(27)24-14-7-9-23-10-8-14)12-19-15-3-1-2-4-16(15)21(28)26-25-19/h1-6,11,14,23H,7-10,12H2,(H,24,27)(H,26,28). The molecule has 1 saturated heterocycles. The highest BCUT2D eigenvalue weighted by atomic mass is 19.1. The van der Waals surface area contributed by atoms with Crippen LogP contribution in [0.5, 0.6) is 0 Å². The third kappa shape index (κ3) is 3.80. The smallest absolute Gasteiger partial charge is 0.272 e. The van der Waals surface area contributed by atoms with Gasteiger partial charge in [0, 0.05) is 17.8 Å². The van der Waals surface area contributed by atoms with Crippen LogP contribution < -0.4 is 16.2 Å². The molecule has 6 nitrogen and oxygen atoms in total. The fourth-order valence-electron chi connectivity index (χ4n) is 3.59. The van der Waals surface area contributed by atoms with Gasteiger partial charge in [0.05, 0.1) is 16.6 Å². The zero-order valence-corrected chi connectivity index (χ0v) is 15.3. The summed E-state index contributed by atoms with van der Waals surface area (Å²) in [6.45, 7) is 1.69. The number of nitrogens with one attached hydrogen (secondary N) is 3. The third-order valence-corrected chi connectivity index (χ3v) is 5.10. The van der Waals surface area contributed by atoms with Gasteiger partial charge in [-0.05, 0) is 49.7 Å². The number of benzene rings is 2. The first-order valence-electron chi connectivity index (χ1n) is 9.38. The lowest BCUT2D eigenvalue weighted by atomic mass is 10.0. The molecule has 2 aromatic carbocycles. The summed E-state index contributed by atoms with van der Waals surface area (Å²) < 4.78 is 14.3. The van der Waals surface area contributed by atoms with E-state index in [0.29, 0.717) is 17.5 Å². The number of halogens is 1. The minimum atomic E-state index is -0.547. The zero-order chi connectivity index (χ0) is 19.5. The summed E-state index contributed by atoms with van der Waals surface area (Å²) >= 11 is 0. The topological polar surface area (TPSA) is 86.9 Å². The predicted molar refractivity (Wildman–Crippen MR) is 105 cm³/mol. The number of rotatable bonds is 4. The van der Waals surface area contributed by atoms with Gasteiger partial charge in [-0.3, -0.25) is 9.59 Å². The van der Waals surface area contributed by atoms with Gasteiger partial charge in [-0.1, -0.05) is 24.3 Å². The molecule has 28 heavy (non-hydrogen) atoms. The van der Waals surface area contributed by atoms with Crippen molar-refractivity contribution in [2.75, 3.05) is 13.1 Å². The fraction of sp³-hybridized carbons (Fsp3) is 0.286. The Kier molecular flexibility index (Phi) is 5.16. The number of aromatic amines is 1. The van der Waals surface area contributed by atoms with Crippen LogP contribution in [-0.4, -0.2) is 35.2 Å². The number of amides is 1. The first-order chi connectivity index (χ1) is 13.6. The zero-order valence-electron chi connectivity index (χ0n) is 15.3. The van der Waals surface area contributed by atoms with Crippen molar-refractivity contribution in [3.63, 3.8) is 0 Å². The number of H-pyrrole nitrogens is 1. The maximum absolute atomic E-state index is 14.3. The molecule has 0 radical (unpaired) electrons. The van der Waals surface area contributed by atoms with Crippen molar-refractivity contribution in [1.82, 2.24) is 20.8 Å². The van der Waals surface area contributed by atoms with E-state index in [9.17, 15) is 14.0 Å². The van der Waals surface area contributed by atoms with E-state index in [1.54, 1.807) is 24.3 Å². The van der Waals surface area contributed by atoms with E-state index in [0.717, 1.165) is 36.9 Å². The Morgan fingerprint density at radius 1 is 1.14 bits per heavy atom. The number of hydrogen-bond acceptors (Lipinski definition) is 4. The highest BCUT2D eigenvalue weighted by Crippen LogP contribution is 2.19. The third-order valence-electron chi connectivity index (χ3n) is 5.10. The van der Waals surface area contributed by atoms with Crippen LogP contribution in [0, 0.1) is 5.82 Å². The van der Waals surface area contributed by atoms with E-state index in [1.807, 2.05) is 12.1 Å². The summed E-state index contributed by atoms with van der Waals surface area (Å²) in [5.74, 6) is -0.944. The molecular formula is C21H21FN4O2. The van der Waals surface area contributed by atoms with Gasteiger partial charge in [0.15, 0.2) is 0 Å². The van der Waals surface area contributed by atoms with Crippen molar-refractivity contribution in [3.8, 4) is 0 Å². The molecule has 1 aromatic heterocycles. The summed E-state index contributed by atoms with van der Waals surface area (Å²) in [6.07, 6.45) is 2.05. The van der Waals surface area contributed by atoms with Crippen molar-refractivity contribution < 1.29 is 9.18 Å². The van der Waals surface area contributed by atoms with Gasteiger partial charge in [0.2, 0.25) is 0 Å². The Morgan fingerprint density at radius 2 is 1.89 bits per heavy atom. The van der Waals surface area contributed by atoms with E-state index in [2.05, 4.69) is 20.8 Å². The Morgan fingerprint density at radius 3 is 2.68 bits per heavy atom. The molecule has 3 aromatic rings. The van der Waals surface area contributed by atoms with Gasteiger partial charge in [-0.25, -0.2) is 9.49 Å². The summed E-state index contributed by atoms with van der Waals surface area (Å²) in [7, 11) is 0. The van der Waals surface area contributed by atoms with E-state index < -0.39 is 11.7 Å². The summed E-state index contributed by atoms with van der Waals surface area (Å²) in [5.41, 5.74) is 1.21. The number of aromatic nitrogens is 2.